The van der Waals surface area contributed by atoms with E-state index in [2.05, 4.69) is 5.32 Å². The van der Waals surface area contributed by atoms with Crippen molar-refractivity contribution in [3.63, 3.8) is 0 Å². The third-order valence-electron chi connectivity index (χ3n) is 1.71. The molecule has 1 aromatic rings. The molecule has 74 valence electrons. The maximum atomic E-state index is 10.1. The van der Waals surface area contributed by atoms with Crippen molar-refractivity contribution in [3.8, 4) is 0 Å². The van der Waals surface area contributed by atoms with Crippen LogP contribution in [0.3, 0.4) is 0 Å². The summed E-state index contributed by atoms with van der Waals surface area (Å²) < 4.78 is 0. The quantitative estimate of drug-likeness (QED) is 0.585. The Kier molecular flexibility index (Phi) is 3.67. The van der Waals surface area contributed by atoms with Crippen LogP contribution in [-0.4, -0.2) is 4.92 Å². The second-order valence-corrected chi connectivity index (χ2v) is 2.94. The van der Waals surface area contributed by atoms with Crippen LogP contribution in [0, 0.1) is 10.1 Å². The summed E-state index contributed by atoms with van der Waals surface area (Å²) >= 11 is 0. The van der Waals surface area contributed by atoms with E-state index in [1.54, 1.807) is 6.92 Å². The Hall–Kier alpha value is -1.84. The molecule has 0 saturated carbocycles. The highest BCUT2D eigenvalue weighted by atomic mass is 16.6. The number of hydrogen-bond donors (Lipinski definition) is 1. The second-order valence-electron chi connectivity index (χ2n) is 2.94. The molecule has 1 rings (SSSR count). The van der Waals surface area contributed by atoms with E-state index in [-0.39, 0.29) is 0 Å². The lowest BCUT2D eigenvalue weighted by Gasteiger charge is -2.03. The molecule has 4 nitrogen and oxygen atoms in total. The maximum Gasteiger partial charge on any atom is 0.252 e. The lowest BCUT2D eigenvalue weighted by molar-refractivity contribution is -0.403. The molecule has 1 N–H and O–H groups in total. The summed E-state index contributed by atoms with van der Waals surface area (Å²) in [6.07, 6.45) is 0.961. The van der Waals surface area contributed by atoms with Crippen LogP contribution in [0.4, 0.5) is 0 Å². The molecule has 0 aliphatic rings. The number of nitrogens with zero attached hydrogens (tertiary/aromatic N) is 1. The highest BCUT2D eigenvalue weighted by Gasteiger charge is 1.95. The van der Waals surface area contributed by atoms with Gasteiger partial charge in [0.25, 0.3) is 6.20 Å². The molecule has 0 bridgehead atoms. The van der Waals surface area contributed by atoms with Crippen molar-refractivity contribution in [3.05, 3.63) is 57.9 Å². The number of allylic oxidation sites excluding steroid dienone is 1. The van der Waals surface area contributed by atoms with Gasteiger partial charge >= 0.3 is 0 Å². The monoisotopic (exact) mass is 192 g/mol. The fourth-order valence-electron chi connectivity index (χ4n) is 1.04. The van der Waals surface area contributed by atoms with Crippen molar-refractivity contribution in [1.82, 2.24) is 5.32 Å². The molecule has 0 atom stereocenters. The van der Waals surface area contributed by atoms with E-state index in [1.165, 1.54) is 0 Å². The van der Waals surface area contributed by atoms with Gasteiger partial charge in [-0.1, -0.05) is 30.3 Å². The standard InChI is InChI=1S/C10H12N2O2/c1-9(8-12(13)14)11-7-10-5-3-2-4-6-10/h2-6,8,11H,7H2,1H3/b9-8+. The van der Waals surface area contributed by atoms with Crippen LogP contribution in [0.25, 0.3) is 0 Å². The van der Waals surface area contributed by atoms with Crippen molar-refractivity contribution < 1.29 is 4.92 Å². The zero-order valence-corrected chi connectivity index (χ0v) is 7.93. The predicted octanol–water partition coefficient (Wildman–Crippen LogP) is 1.91. The number of nitro groups is 1. The van der Waals surface area contributed by atoms with Gasteiger partial charge in [0.1, 0.15) is 0 Å². The molecule has 0 saturated heterocycles. The van der Waals surface area contributed by atoms with Crippen molar-refractivity contribution in [2.75, 3.05) is 0 Å². The zero-order valence-electron chi connectivity index (χ0n) is 7.93. The Morgan fingerprint density at radius 3 is 2.71 bits per heavy atom. The summed E-state index contributed by atoms with van der Waals surface area (Å²) in [5.41, 5.74) is 1.66. The lowest BCUT2D eigenvalue weighted by atomic mass is 10.2. The smallest absolute Gasteiger partial charge is 0.252 e. The van der Waals surface area contributed by atoms with Crippen LogP contribution in [0.1, 0.15) is 12.5 Å². The second kappa shape index (κ2) is 5.01. The van der Waals surface area contributed by atoms with Crippen LogP contribution in [0.15, 0.2) is 42.2 Å². The lowest BCUT2D eigenvalue weighted by Crippen LogP contribution is -2.11. The molecular formula is C10H12N2O2. The fourth-order valence-corrected chi connectivity index (χ4v) is 1.04. The molecular weight excluding hydrogens is 180 g/mol. The summed E-state index contributed by atoms with van der Waals surface area (Å²) in [5.74, 6) is 0. The van der Waals surface area contributed by atoms with E-state index in [1.807, 2.05) is 30.3 Å². The zero-order chi connectivity index (χ0) is 10.4. The Labute approximate surface area is 82.4 Å². The number of nitrogens with one attached hydrogen (secondary N) is 1. The summed E-state index contributed by atoms with van der Waals surface area (Å²) in [4.78, 5) is 9.65. The SMILES string of the molecule is C/C(=C\[N+](=O)[O-])NCc1ccccc1. The number of benzene rings is 1. The van der Waals surface area contributed by atoms with Crippen LogP contribution in [0.5, 0.6) is 0 Å². The van der Waals surface area contributed by atoms with Gasteiger partial charge in [0.05, 0.1) is 10.6 Å². The van der Waals surface area contributed by atoms with Crippen molar-refractivity contribution in [2.45, 2.75) is 13.5 Å². The third kappa shape index (κ3) is 3.71. The van der Waals surface area contributed by atoms with Crippen LogP contribution in [-0.2, 0) is 6.54 Å². The molecule has 0 aliphatic heterocycles. The van der Waals surface area contributed by atoms with Crippen LogP contribution < -0.4 is 5.32 Å². The molecule has 0 spiro atoms. The molecule has 14 heavy (non-hydrogen) atoms. The van der Waals surface area contributed by atoms with Gasteiger partial charge in [0, 0.05) is 6.54 Å². The normalized spacial score (nSPS) is 11.1. The van der Waals surface area contributed by atoms with E-state index in [0.717, 1.165) is 11.8 Å². The van der Waals surface area contributed by atoms with Gasteiger partial charge in [0.15, 0.2) is 0 Å². The average Bonchev–Trinajstić information content (AvgIpc) is 2.15. The maximum absolute atomic E-state index is 10.1. The average molecular weight is 192 g/mol. The van der Waals surface area contributed by atoms with E-state index >= 15 is 0 Å². The van der Waals surface area contributed by atoms with Gasteiger partial charge < -0.3 is 5.32 Å². The molecule has 0 aliphatic carbocycles. The highest BCUT2D eigenvalue weighted by molar-refractivity contribution is 5.15. The van der Waals surface area contributed by atoms with E-state index in [9.17, 15) is 10.1 Å². The molecule has 0 unspecified atom stereocenters. The van der Waals surface area contributed by atoms with Crippen molar-refractivity contribution >= 4 is 0 Å². The first-order chi connectivity index (χ1) is 6.68. The van der Waals surface area contributed by atoms with Crippen molar-refractivity contribution in [2.24, 2.45) is 0 Å². The van der Waals surface area contributed by atoms with Gasteiger partial charge in [-0.25, -0.2) is 0 Å². The van der Waals surface area contributed by atoms with Gasteiger partial charge in [-0.3, -0.25) is 10.1 Å². The first-order valence-electron chi connectivity index (χ1n) is 4.28. The van der Waals surface area contributed by atoms with Gasteiger partial charge in [0.2, 0.25) is 0 Å². The third-order valence-corrected chi connectivity index (χ3v) is 1.71. The topological polar surface area (TPSA) is 55.2 Å². The van der Waals surface area contributed by atoms with E-state index < -0.39 is 4.92 Å². The number of rotatable bonds is 4. The van der Waals surface area contributed by atoms with Gasteiger partial charge in [-0.05, 0) is 12.5 Å². The predicted molar refractivity (Wildman–Crippen MR) is 54.0 cm³/mol. The first-order valence-corrected chi connectivity index (χ1v) is 4.28. The highest BCUT2D eigenvalue weighted by Crippen LogP contribution is 1.98. The van der Waals surface area contributed by atoms with Crippen LogP contribution in [0.2, 0.25) is 0 Å². The summed E-state index contributed by atoms with van der Waals surface area (Å²) in [6, 6.07) is 9.73. The minimum Gasteiger partial charge on any atom is -0.380 e. The molecule has 4 heteroatoms. The van der Waals surface area contributed by atoms with E-state index in [4.69, 9.17) is 0 Å². The summed E-state index contributed by atoms with van der Waals surface area (Å²) in [6.45, 7) is 2.28. The van der Waals surface area contributed by atoms with Gasteiger partial charge in [-0.2, -0.15) is 0 Å². The molecule has 0 aromatic heterocycles. The Morgan fingerprint density at radius 1 is 1.50 bits per heavy atom. The largest absolute Gasteiger partial charge is 0.380 e. The van der Waals surface area contributed by atoms with Crippen molar-refractivity contribution in [1.29, 1.82) is 0 Å². The van der Waals surface area contributed by atoms with E-state index in [0.29, 0.717) is 12.2 Å². The number of hydrogen-bond acceptors (Lipinski definition) is 3. The molecule has 1 aromatic carbocycles. The molecule has 0 fully saturated rings. The molecule has 0 heterocycles. The minimum atomic E-state index is -0.465. The summed E-state index contributed by atoms with van der Waals surface area (Å²) in [7, 11) is 0. The van der Waals surface area contributed by atoms with Crippen LogP contribution >= 0.6 is 0 Å². The first kappa shape index (κ1) is 10.2. The summed E-state index contributed by atoms with van der Waals surface area (Å²) in [5, 5.41) is 13.1. The Morgan fingerprint density at radius 2 is 2.14 bits per heavy atom. The molecule has 0 radical (unpaired) electrons. The Balaban J connectivity index is 2.45. The van der Waals surface area contributed by atoms with Gasteiger partial charge in [-0.15, -0.1) is 0 Å². The fraction of sp³-hybridized carbons (Fsp3) is 0.200. The minimum absolute atomic E-state index is 0.465. The molecule has 0 amide bonds. The Bertz CT molecular complexity index is 333.